The minimum atomic E-state index is 0.549. The van der Waals surface area contributed by atoms with E-state index in [2.05, 4.69) is 47.0 Å². The SMILES string of the molecule is Brc1cnn(C2CC3CCC(C2)N3CCn2nccn2)c1. The van der Waals surface area contributed by atoms with E-state index in [0.717, 1.165) is 17.6 Å². The Morgan fingerprint density at radius 2 is 1.71 bits per heavy atom. The molecule has 0 aromatic carbocycles. The average Bonchev–Trinajstić information content (AvgIpc) is 3.18. The summed E-state index contributed by atoms with van der Waals surface area (Å²) < 4.78 is 3.21. The fourth-order valence-corrected chi connectivity index (χ4v) is 4.21. The molecule has 2 unspecified atom stereocenters. The van der Waals surface area contributed by atoms with Gasteiger partial charge in [0.25, 0.3) is 0 Å². The maximum absolute atomic E-state index is 4.47. The smallest absolute Gasteiger partial charge is 0.0734 e. The van der Waals surface area contributed by atoms with Crippen LogP contribution in [0.15, 0.2) is 29.3 Å². The second-order valence-corrected chi connectivity index (χ2v) is 6.93. The van der Waals surface area contributed by atoms with Gasteiger partial charge < -0.3 is 0 Å². The summed E-state index contributed by atoms with van der Waals surface area (Å²) in [5, 5.41) is 12.9. The van der Waals surface area contributed by atoms with Crippen LogP contribution in [0.1, 0.15) is 31.7 Å². The predicted molar refractivity (Wildman–Crippen MR) is 81.7 cm³/mol. The molecule has 21 heavy (non-hydrogen) atoms. The molecule has 0 radical (unpaired) electrons. The first-order valence-corrected chi connectivity index (χ1v) is 8.38. The molecule has 4 heterocycles. The number of aromatic nitrogens is 5. The number of hydrogen-bond acceptors (Lipinski definition) is 4. The van der Waals surface area contributed by atoms with Crippen LogP contribution in [0.5, 0.6) is 0 Å². The van der Waals surface area contributed by atoms with Gasteiger partial charge in [-0.05, 0) is 41.6 Å². The summed E-state index contributed by atoms with van der Waals surface area (Å²) in [6.07, 6.45) is 12.5. The highest BCUT2D eigenvalue weighted by Gasteiger charge is 2.41. The molecule has 7 heteroatoms. The Morgan fingerprint density at radius 3 is 2.33 bits per heavy atom. The molecule has 0 amide bonds. The fraction of sp³-hybridized carbons (Fsp3) is 0.643. The van der Waals surface area contributed by atoms with Crippen molar-refractivity contribution in [1.82, 2.24) is 29.7 Å². The topological polar surface area (TPSA) is 51.8 Å². The van der Waals surface area contributed by atoms with Crippen LogP contribution in [0.4, 0.5) is 0 Å². The zero-order valence-corrected chi connectivity index (χ0v) is 13.4. The second kappa shape index (κ2) is 5.53. The minimum Gasteiger partial charge on any atom is -0.295 e. The molecule has 6 nitrogen and oxygen atoms in total. The van der Waals surface area contributed by atoms with Gasteiger partial charge in [0.05, 0.1) is 35.6 Å². The molecule has 112 valence electrons. The van der Waals surface area contributed by atoms with Gasteiger partial charge >= 0.3 is 0 Å². The van der Waals surface area contributed by atoms with Crippen molar-refractivity contribution in [2.45, 2.75) is 50.4 Å². The molecule has 2 aliphatic heterocycles. The Labute approximate surface area is 132 Å². The molecule has 2 aromatic rings. The molecule has 0 N–H and O–H groups in total. The van der Waals surface area contributed by atoms with Gasteiger partial charge in [0.1, 0.15) is 0 Å². The summed E-state index contributed by atoms with van der Waals surface area (Å²) in [6, 6.07) is 1.92. The molecule has 0 spiro atoms. The maximum atomic E-state index is 4.47. The number of piperidine rings is 1. The Kier molecular flexibility index (Phi) is 3.54. The van der Waals surface area contributed by atoms with E-state index in [1.807, 2.05) is 6.20 Å². The molecule has 4 rings (SSSR count). The summed E-state index contributed by atoms with van der Waals surface area (Å²) in [6.45, 7) is 1.94. The maximum Gasteiger partial charge on any atom is 0.0734 e. The first kappa shape index (κ1) is 13.5. The van der Waals surface area contributed by atoms with Crippen molar-refractivity contribution in [2.75, 3.05) is 6.54 Å². The largest absolute Gasteiger partial charge is 0.295 e. The number of rotatable bonds is 4. The van der Waals surface area contributed by atoms with Crippen LogP contribution < -0.4 is 0 Å². The van der Waals surface area contributed by atoms with Gasteiger partial charge in [-0.25, -0.2) is 0 Å². The van der Waals surface area contributed by atoms with Gasteiger partial charge in [-0.1, -0.05) is 0 Å². The van der Waals surface area contributed by atoms with Gasteiger partial charge in [-0.2, -0.15) is 20.1 Å². The number of hydrogen-bond donors (Lipinski definition) is 0. The molecule has 2 fully saturated rings. The van der Waals surface area contributed by atoms with Crippen LogP contribution in [0.25, 0.3) is 0 Å². The number of nitrogens with zero attached hydrogens (tertiary/aromatic N) is 6. The third-order valence-corrected chi connectivity index (χ3v) is 5.24. The van der Waals surface area contributed by atoms with Crippen LogP contribution >= 0.6 is 15.9 Å². The molecule has 2 aromatic heterocycles. The molecule has 0 saturated carbocycles. The van der Waals surface area contributed by atoms with E-state index in [0.29, 0.717) is 18.1 Å². The Balaban J connectivity index is 1.41. The summed E-state index contributed by atoms with van der Waals surface area (Å²) in [4.78, 5) is 4.45. The predicted octanol–water partition coefficient (Wildman–Crippen LogP) is 2.11. The molecular weight excluding hydrogens is 332 g/mol. The first-order valence-electron chi connectivity index (χ1n) is 7.59. The van der Waals surface area contributed by atoms with Gasteiger partial charge in [-0.15, -0.1) is 0 Å². The van der Waals surface area contributed by atoms with Crippen molar-refractivity contribution in [3.05, 3.63) is 29.3 Å². The molecule has 2 saturated heterocycles. The standard InChI is InChI=1S/C14H19BrN6/c15-11-9-18-20(10-11)14-7-12-1-2-13(8-14)19(12)5-6-21-16-3-4-17-21/h3-4,9-10,12-14H,1-2,5-8H2. The van der Waals surface area contributed by atoms with Crippen molar-refractivity contribution in [3.63, 3.8) is 0 Å². The Bertz CT molecular complexity index is 580. The van der Waals surface area contributed by atoms with Crippen LogP contribution in [0.3, 0.4) is 0 Å². The van der Waals surface area contributed by atoms with Crippen LogP contribution in [0, 0.1) is 0 Å². The molecule has 2 atom stereocenters. The number of fused-ring (bicyclic) bond motifs is 2. The molecule has 0 aliphatic carbocycles. The average molecular weight is 351 g/mol. The summed E-state index contributed by atoms with van der Waals surface area (Å²) in [5.41, 5.74) is 0. The zero-order chi connectivity index (χ0) is 14.2. The lowest BCUT2D eigenvalue weighted by molar-refractivity contribution is 0.0959. The van der Waals surface area contributed by atoms with Crippen LogP contribution in [-0.2, 0) is 6.54 Å². The summed E-state index contributed by atoms with van der Waals surface area (Å²) >= 11 is 3.49. The second-order valence-electron chi connectivity index (χ2n) is 6.01. The van der Waals surface area contributed by atoms with E-state index in [-0.39, 0.29) is 0 Å². The lowest BCUT2D eigenvalue weighted by Crippen LogP contribution is -2.45. The summed E-state index contributed by atoms with van der Waals surface area (Å²) in [5.74, 6) is 0. The van der Waals surface area contributed by atoms with Crippen molar-refractivity contribution < 1.29 is 0 Å². The highest BCUT2D eigenvalue weighted by Crippen LogP contribution is 2.40. The quantitative estimate of drug-likeness (QED) is 0.847. The van der Waals surface area contributed by atoms with Gasteiger partial charge in [0.15, 0.2) is 0 Å². The van der Waals surface area contributed by atoms with Crippen LogP contribution in [0.2, 0.25) is 0 Å². The lowest BCUT2D eigenvalue weighted by Gasteiger charge is -2.38. The monoisotopic (exact) mass is 350 g/mol. The Morgan fingerprint density at radius 1 is 1.00 bits per heavy atom. The highest BCUT2D eigenvalue weighted by atomic mass is 79.9. The number of halogens is 1. The van der Waals surface area contributed by atoms with Crippen molar-refractivity contribution in [3.8, 4) is 0 Å². The third-order valence-electron chi connectivity index (χ3n) is 4.83. The van der Waals surface area contributed by atoms with E-state index in [4.69, 9.17) is 0 Å². The van der Waals surface area contributed by atoms with E-state index in [1.54, 1.807) is 17.2 Å². The zero-order valence-electron chi connectivity index (χ0n) is 11.8. The molecule has 2 aliphatic rings. The highest BCUT2D eigenvalue weighted by molar-refractivity contribution is 9.10. The Hall–Kier alpha value is -1.21. The van der Waals surface area contributed by atoms with Crippen molar-refractivity contribution >= 4 is 15.9 Å². The van der Waals surface area contributed by atoms with Crippen LogP contribution in [-0.4, -0.2) is 48.3 Å². The van der Waals surface area contributed by atoms with Gasteiger partial charge in [-0.3, -0.25) is 9.58 Å². The van der Waals surface area contributed by atoms with E-state index < -0.39 is 0 Å². The minimum absolute atomic E-state index is 0.549. The lowest BCUT2D eigenvalue weighted by atomic mass is 9.97. The third kappa shape index (κ3) is 2.64. The van der Waals surface area contributed by atoms with Crippen molar-refractivity contribution in [2.24, 2.45) is 0 Å². The van der Waals surface area contributed by atoms with E-state index >= 15 is 0 Å². The normalized spacial score (nSPS) is 29.1. The first-order chi connectivity index (χ1) is 10.3. The fourth-order valence-electron chi connectivity index (χ4n) is 3.90. The van der Waals surface area contributed by atoms with Crippen molar-refractivity contribution in [1.29, 1.82) is 0 Å². The molecular formula is C14H19BrN6. The van der Waals surface area contributed by atoms with E-state index in [9.17, 15) is 0 Å². The molecule has 2 bridgehead atoms. The summed E-state index contributed by atoms with van der Waals surface area (Å²) in [7, 11) is 0. The van der Waals surface area contributed by atoms with Gasteiger partial charge in [0, 0.05) is 24.8 Å². The van der Waals surface area contributed by atoms with E-state index in [1.165, 1.54) is 25.7 Å². The van der Waals surface area contributed by atoms with Gasteiger partial charge in [0.2, 0.25) is 0 Å².